The number of nitrogens with one attached hydrogen (secondary N) is 2. The fraction of sp³-hybridized carbons (Fsp3) is 0.278. The molecule has 136 valence electrons. The number of rotatable bonds is 3. The molecule has 3 rings (SSSR count). The van der Waals surface area contributed by atoms with Gasteiger partial charge in [-0.15, -0.1) is 0 Å². The summed E-state index contributed by atoms with van der Waals surface area (Å²) in [5.74, 6) is 0.779. The van der Waals surface area contributed by atoms with Crippen LogP contribution >= 0.6 is 23.8 Å². The van der Waals surface area contributed by atoms with Crippen LogP contribution in [0, 0.1) is 10.1 Å². The smallest absolute Gasteiger partial charge is 0.269 e. The minimum Gasteiger partial charge on any atom is -0.487 e. The number of benzene rings is 2. The summed E-state index contributed by atoms with van der Waals surface area (Å²) >= 11 is 11.5. The molecule has 2 aromatic rings. The van der Waals surface area contributed by atoms with Crippen molar-refractivity contribution in [3.8, 4) is 5.75 Å². The number of halogens is 1. The van der Waals surface area contributed by atoms with E-state index in [1.54, 1.807) is 18.2 Å². The van der Waals surface area contributed by atoms with Gasteiger partial charge in [0, 0.05) is 34.8 Å². The van der Waals surface area contributed by atoms with Crippen molar-refractivity contribution < 1.29 is 9.66 Å². The average Bonchev–Trinajstić information content (AvgIpc) is 2.55. The molecule has 0 aliphatic carbocycles. The number of fused-ring (bicyclic) bond motifs is 1. The second-order valence-corrected chi connectivity index (χ2v) is 7.55. The van der Waals surface area contributed by atoms with Gasteiger partial charge in [-0.3, -0.25) is 10.1 Å². The molecule has 0 bridgehead atoms. The van der Waals surface area contributed by atoms with Crippen molar-refractivity contribution in [1.29, 1.82) is 0 Å². The Kier molecular flexibility index (Phi) is 5.02. The minimum atomic E-state index is -0.439. The normalized spacial score (nSPS) is 17.6. The summed E-state index contributed by atoms with van der Waals surface area (Å²) in [6.45, 7) is 4.04. The van der Waals surface area contributed by atoms with Crippen LogP contribution in [0.3, 0.4) is 0 Å². The van der Waals surface area contributed by atoms with Gasteiger partial charge in [-0.05, 0) is 56.4 Å². The lowest BCUT2D eigenvalue weighted by Gasteiger charge is -2.38. The third-order valence-electron chi connectivity index (χ3n) is 4.07. The topological polar surface area (TPSA) is 76.4 Å². The predicted octanol–water partition coefficient (Wildman–Crippen LogP) is 4.84. The van der Waals surface area contributed by atoms with Crippen molar-refractivity contribution in [2.24, 2.45) is 0 Å². The van der Waals surface area contributed by atoms with Crippen LogP contribution in [0.15, 0.2) is 42.5 Å². The van der Waals surface area contributed by atoms with Crippen molar-refractivity contribution >= 4 is 40.3 Å². The molecule has 0 aromatic heterocycles. The van der Waals surface area contributed by atoms with Crippen molar-refractivity contribution in [2.45, 2.75) is 31.9 Å². The van der Waals surface area contributed by atoms with Gasteiger partial charge >= 0.3 is 0 Å². The fourth-order valence-corrected chi connectivity index (χ4v) is 3.39. The molecule has 0 radical (unpaired) electrons. The number of ether oxygens (including phenoxy) is 1. The summed E-state index contributed by atoms with van der Waals surface area (Å²) in [7, 11) is 0. The summed E-state index contributed by atoms with van der Waals surface area (Å²) in [6, 6.07) is 11.6. The monoisotopic (exact) mass is 391 g/mol. The summed E-state index contributed by atoms with van der Waals surface area (Å²) in [6.07, 6.45) is 0.711. The molecule has 1 heterocycles. The van der Waals surface area contributed by atoms with E-state index in [0.29, 0.717) is 22.2 Å². The number of anilines is 1. The van der Waals surface area contributed by atoms with Crippen LogP contribution < -0.4 is 15.4 Å². The maximum absolute atomic E-state index is 10.7. The molecule has 0 amide bonds. The highest BCUT2D eigenvalue weighted by atomic mass is 35.5. The van der Waals surface area contributed by atoms with Gasteiger partial charge in [0.05, 0.1) is 11.0 Å². The molecule has 0 saturated carbocycles. The van der Waals surface area contributed by atoms with E-state index in [1.165, 1.54) is 12.1 Å². The number of nitro benzene ring substituents is 1. The van der Waals surface area contributed by atoms with E-state index in [1.807, 2.05) is 26.0 Å². The SMILES string of the molecule is CC1(C)C[C@@H](NC(=S)Nc2ccc([N+](=O)[O-])cc2)c2cc(Cl)ccc2O1. The van der Waals surface area contributed by atoms with E-state index in [2.05, 4.69) is 10.6 Å². The van der Waals surface area contributed by atoms with Crippen LogP contribution in [0.5, 0.6) is 5.75 Å². The van der Waals surface area contributed by atoms with E-state index in [-0.39, 0.29) is 17.3 Å². The molecule has 26 heavy (non-hydrogen) atoms. The number of thiocarbonyl (C=S) groups is 1. The first-order valence-corrected chi connectivity index (χ1v) is 8.82. The average molecular weight is 392 g/mol. The van der Waals surface area contributed by atoms with Crippen LogP contribution in [0.2, 0.25) is 5.02 Å². The Labute approximate surface area is 161 Å². The van der Waals surface area contributed by atoms with Gasteiger partial charge in [0.15, 0.2) is 5.11 Å². The molecule has 6 nitrogen and oxygen atoms in total. The zero-order valence-corrected chi connectivity index (χ0v) is 15.9. The summed E-state index contributed by atoms with van der Waals surface area (Å²) in [4.78, 5) is 10.3. The third kappa shape index (κ3) is 4.23. The highest BCUT2D eigenvalue weighted by Crippen LogP contribution is 2.40. The molecule has 2 N–H and O–H groups in total. The zero-order chi connectivity index (χ0) is 18.9. The van der Waals surface area contributed by atoms with E-state index < -0.39 is 4.92 Å². The van der Waals surface area contributed by atoms with Gasteiger partial charge in [-0.2, -0.15) is 0 Å². The maximum atomic E-state index is 10.7. The van der Waals surface area contributed by atoms with Gasteiger partial charge < -0.3 is 15.4 Å². The Morgan fingerprint density at radius 1 is 1.31 bits per heavy atom. The lowest BCUT2D eigenvalue weighted by Crippen LogP contribution is -2.42. The molecule has 8 heteroatoms. The number of non-ortho nitro benzene ring substituents is 1. The van der Waals surface area contributed by atoms with E-state index in [4.69, 9.17) is 28.6 Å². The second-order valence-electron chi connectivity index (χ2n) is 6.70. The molecular weight excluding hydrogens is 374 g/mol. The standard InChI is InChI=1S/C18H18ClN3O3S/c1-18(2)10-15(14-9-11(19)3-8-16(14)25-18)21-17(26)20-12-4-6-13(7-5-12)22(23)24/h3-9,15H,10H2,1-2H3,(H2,20,21,26)/t15-/m1/s1. The summed E-state index contributed by atoms with van der Waals surface area (Å²) < 4.78 is 6.01. The van der Waals surface area contributed by atoms with E-state index in [0.717, 1.165) is 11.3 Å². The molecule has 2 aromatic carbocycles. The van der Waals surface area contributed by atoms with Crippen LogP contribution in [0.25, 0.3) is 0 Å². The van der Waals surface area contributed by atoms with Gasteiger partial charge in [-0.1, -0.05) is 11.6 Å². The number of hydrogen-bond donors (Lipinski definition) is 2. The van der Waals surface area contributed by atoms with Gasteiger partial charge in [0.1, 0.15) is 11.4 Å². The van der Waals surface area contributed by atoms with Gasteiger partial charge in [0.2, 0.25) is 0 Å². The van der Waals surface area contributed by atoms with Crippen LogP contribution in [-0.2, 0) is 0 Å². The lowest BCUT2D eigenvalue weighted by molar-refractivity contribution is -0.384. The van der Waals surface area contributed by atoms with E-state index >= 15 is 0 Å². The van der Waals surface area contributed by atoms with Crippen molar-refractivity contribution in [3.05, 3.63) is 63.2 Å². The Morgan fingerprint density at radius 2 is 2.00 bits per heavy atom. The Morgan fingerprint density at radius 3 is 2.65 bits per heavy atom. The minimum absolute atomic E-state index is 0.0316. The predicted molar refractivity (Wildman–Crippen MR) is 106 cm³/mol. The molecule has 0 saturated heterocycles. The number of nitrogens with zero attached hydrogens (tertiary/aromatic N) is 1. The number of hydrogen-bond acceptors (Lipinski definition) is 4. The molecule has 0 unspecified atom stereocenters. The summed E-state index contributed by atoms with van der Waals surface area (Å²) in [5, 5.41) is 18.1. The van der Waals surface area contributed by atoms with Crippen molar-refractivity contribution in [1.82, 2.24) is 5.32 Å². The fourth-order valence-electron chi connectivity index (χ4n) is 2.95. The molecule has 0 fully saturated rings. The second kappa shape index (κ2) is 7.09. The first-order valence-electron chi connectivity index (χ1n) is 8.04. The molecule has 1 aliphatic heterocycles. The van der Waals surface area contributed by atoms with Crippen LogP contribution in [0.1, 0.15) is 31.9 Å². The van der Waals surface area contributed by atoms with Crippen molar-refractivity contribution in [2.75, 3.05) is 5.32 Å². The first-order chi connectivity index (χ1) is 12.2. The zero-order valence-electron chi connectivity index (χ0n) is 14.3. The van der Waals surface area contributed by atoms with E-state index in [9.17, 15) is 10.1 Å². The van der Waals surface area contributed by atoms with Gasteiger partial charge in [0.25, 0.3) is 5.69 Å². The maximum Gasteiger partial charge on any atom is 0.269 e. The van der Waals surface area contributed by atoms with Crippen LogP contribution in [0.4, 0.5) is 11.4 Å². The molecule has 1 atom stereocenters. The third-order valence-corrected chi connectivity index (χ3v) is 4.53. The number of nitro groups is 1. The molecule has 0 spiro atoms. The van der Waals surface area contributed by atoms with Gasteiger partial charge in [-0.25, -0.2) is 0 Å². The lowest BCUT2D eigenvalue weighted by atomic mass is 9.90. The highest BCUT2D eigenvalue weighted by molar-refractivity contribution is 7.80. The Balaban J connectivity index is 1.74. The molecule has 1 aliphatic rings. The Hall–Kier alpha value is -2.38. The highest BCUT2D eigenvalue weighted by Gasteiger charge is 2.34. The van der Waals surface area contributed by atoms with Crippen LogP contribution in [-0.4, -0.2) is 15.6 Å². The quantitative estimate of drug-likeness (QED) is 0.443. The van der Waals surface area contributed by atoms with Crippen molar-refractivity contribution in [3.63, 3.8) is 0 Å². The first kappa shape index (κ1) is 18.4. The largest absolute Gasteiger partial charge is 0.487 e. The summed E-state index contributed by atoms with van der Waals surface area (Å²) in [5.41, 5.74) is 1.31. The Bertz CT molecular complexity index is 855. The molecular formula is C18H18ClN3O3S.